The van der Waals surface area contributed by atoms with Crippen molar-refractivity contribution < 1.29 is 27.1 Å². The van der Waals surface area contributed by atoms with Crippen LogP contribution in [-0.2, 0) is 10.9 Å². The fourth-order valence-electron chi connectivity index (χ4n) is 1.94. The molecule has 2 rings (SSSR count). The average molecular weight is 318 g/mol. The van der Waals surface area contributed by atoms with Crippen LogP contribution in [0, 0.1) is 12.7 Å². The summed E-state index contributed by atoms with van der Waals surface area (Å²) in [7, 11) is 1.19. The van der Waals surface area contributed by atoms with Crippen molar-refractivity contribution in [1.29, 1.82) is 0 Å². The van der Waals surface area contributed by atoms with Gasteiger partial charge in [0.15, 0.2) is 0 Å². The molecule has 0 unspecified atom stereocenters. The largest absolute Gasteiger partial charge is 0.465 e. The van der Waals surface area contributed by atoms with Crippen molar-refractivity contribution in [3.8, 4) is 11.1 Å². The summed E-state index contributed by atoms with van der Waals surface area (Å²) < 4.78 is 56.2. The summed E-state index contributed by atoms with van der Waals surface area (Å²) in [6, 6.07) is 2.67. The maximum Gasteiger partial charge on any atom is 0.419 e. The van der Waals surface area contributed by atoms with Gasteiger partial charge in [-0.05, 0) is 35.6 Å². The zero-order valence-electron chi connectivity index (χ0n) is 11.0. The summed E-state index contributed by atoms with van der Waals surface area (Å²) in [6.45, 7) is 1.66. The lowest BCUT2D eigenvalue weighted by Gasteiger charge is -2.11. The molecule has 0 radical (unpaired) electrons. The Morgan fingerprint density at radius 1 is 1.29 bits per heavy atom. The maximum absolute atomic E-state index is 13.3. The van der Waals surface area contributed by atoms with E-state index in [4.69, 9.17) is 0 Å². The van der Waals surface area contributed by atoms with Crippen molar-refractivity contribution in [3.63, 3.8) is 0 Å². The number of halogens is 4. The molecule has 2 nitrogen and oxygen atoms in total. The zero-order chi connectivity index (χ0) is 15.8. The monoisotopic (exact) mass is 318 g/mol. The van der Waals surface area contributed by atoms with E-state index in [-0.39, 0.29) is 10.4 Å². The molecule has 0 saturated carbocycles. The van der Waals surface area contributed by atoms with Crippen molar-refractivity contribution in [1.82, 2.24) is 0 Å². The summed E-state index contributed by atoms with van der Waals surface area (Å²) in [4.78, 5) is 11.9. The molecule has 0 atom stereocenters. The van der Waals surface area contributed by atoms with E-state index in [0.29, 0.717) is 17.2 Å². The summed E-state index contributed by atoms with van der Waals surface area (Å²) in [6.07, 6.45) is -4.80. The molecule has 0 aliphatic carbocycles. The Kier molecular flexibility index (Phi) is 4.04. The Labute approximate surface area is 122 Å². The van der Waals surface area contributed by atoms with E-state index < -0.39 is 23.5 Å². The Morgan fingerprint density at radius 2 is 1.95 bits per heavy atom. The fraction of sp³-hybridized carbons (Fsp3) is 0.214. The zero-order valence-corrected chi connectivity index (χ0v) is 11.9. The molecule has 0 aliphatic rings. The molecular weight excluding hydrogens is 308 g/mol. The second-order valence-corrected chi connectivity index (χ2v) is 5.19. The van der Waals surface area contributed by atoms with E-state index in [1.807, 2.05) is 0 Å². The summed E-state index contributed by atoms with van der Waals surface area (Å²) in [5, 5.41) is 1.64. The van der Waals surface area contributed by atoms with E-state index >= 15 is 0 Å². The number of carbonyl (C=O) groups excluding carboxylic acids is 1. The normalized spacial score (nSPS) is 11.5. The number of alkyl halides is 3. The second-order valence-electron chi connectivity index (χ2n) is 4.31. The third-order valence-corrected chi connectivity index (χ3v) is 3.98. The van der Waals surface area contributed by atoms with E-state index in [1.54, 1.807) is 12.3 Å². The summed E-state index contributed by atoms with van der Waals surface area (Å²) in [5.74, 6) is -1.99. The van der Waals surface area contributed by atoms with Gasteiger partial charge in [0.2, 0.25) is 0 Å². The standard InChI is InChI=1S/C14H10F4O2S/c1-7-6-21-12(13(19)20-2)11(7)8-3-4-10(15)9(5-8)14(16,17)18/h3-6H,1-2H3. The molecule has 0 aliphatic heterocycles. The minimum absolute atomic E-state index is 0.128. The van der Waals surface area contributed by atoms with Crippen molar-refractivity contribution in [3.05, 3.63) is 45.4 Å². The van der Waals surface area contributed by atoms with Crippen LogP contribution in [0.4, 0.5) is 17.6 Å². The quantitative estimate of drug-likeness (QED) is 0.594. The van der Waals surface area contributed by atoms with Crippen molar-refractivity contribution in [2.75, 3.05) is 7.11 Å². The van der Waals surface area contributed by atoms with Gasteiger partial charge < -0.3 is 4.74 Å². The number of hydrogen-bond acceptors (Lipinski definition) is 3. The first-order valence-corrected chi connectivity index (χ1v) is 6.67. The highest BCUT2D eigenvalue weighted by molar-refractivity contribution is 7.12. The van der Waals surface area contributed by atoms with Crippen LogP contribution in [0.25, 0.3) is 11.1 Å². The van der Waals surface area contributed by atoms with Crippen molar-refractivity contribution in [2.45, 2.75) is 13.1 Å². The summed E-state index contributed by atoms with van der Waals surface area (Å²) in [5.41, 5.74) is -0.276. The predicted molar refractivity (Wildman–Crippen MR) is 70.8 cm³/mol. The van der Waals surface area contributed by atoms with Crippen LogP contribution in [0.1, 0.15) is 20.8 Å². The van der Waals surface area contributed by atoms with Crippen LogP contribution >= 0.6 is 11.3 Å². The van der Waals surface area contributed by atoms with Crippen LogP contribution in [-0.4, -0.2) is 13.1 Å². The van der Waals surface area contributed by atoms with E-state index in [1.165, 1.54) is 13.2 Å². The molecule has 1 heterocycles. The number of carbonyl (C=O) groups is 1. The smallest absolute Gasteiger partial charge is 0.419 e. The van der Waals surface area contributed by atoms with Gasteiger partial charge in [0, 0.05) is 5.56 Å². The van der Waals surface area contributed by atoms with Gasteiger partial charge in [-0.15, -0.1) is 11.3 Å². The summed E-state index contributed by atoms with van der Waals surface area (Å²) >= 11 is 1.07. The fourth-order valence-corrected chi connectivity index (χ4v) is 2.93. The molecule has 21 heavy (non-hydrogen) atoms. The van der Waals surface area contributed by atoms with Gasteiger partial charge in [0.1, 0.15) is 10.7 Å². The topological polar surface area (TPSA) is 26.3 Å². The lowest BCUT2D eigenvalue weighted by atomic mass is 10.00. The number of hydrogen-bond donors (Lipinski definition) is 0. The minimum atomic E-state index is -4.80. The Balaban J connectivity index is 2.63. The number of ether oxygens (including phenoxy) is 1. The number of rotatable bonds is 2. The van der Waals surface area contributed by atoms with E-state index in [2.05, 4.69) is 4.74 Å². The van der Waals surface area contributed by atoms with Crippen molar-refractivity contribution >= 4 is 17.3 Å². The number of aryl methyl sites for hydroxylation is 1. The molecule has 1 aromatic heterocycles. The number of thiophene rings is 1. The van der Waals surface area contributed by atoms with Crippen LogP contribution in [0.5, 0.6) is 0 Å². The first-order chi connectivity index (χ1) is 9.75. The van der Waals surface area contributed by atoms with Crippen LogP contribution in [0.3, 0.4) is 0 Å². The molecule has 0 saturated heterocycles. The lowest BCUT2D eigenvalue weighted by Crippen LogP contribution is -2.08. The number of esters is 1. The Morgan fingerprint density at radius 3 is 2.52 bits per heavy atom. The Bertz CT molecular complexity index is 689. The van der Waals surface area contributed by atoms with Gasteiger partial charge in [-0.1, -0.05) is 6.07 Å². The van der Waals surface area contributed by atoms with Crippen LogP contribution in [0.2, 0.25) is 0 Å². The van der Waals surface area contributed by atoms with Crippen LogP contribution < -0.4 is 0 Å². The molecule has 2 aromatic rings. The van der Waals surface area contributed by atoms with Gasteiger partial charge in [0.05, 0.1) is 12.7 Å². The molecule has 0 amide bonds. The first kappa shape index (κ1) is 15.5. The average Bonchev–Trinajstić information content (AvgIpc) is 2.79. The Hall–Kier alpha value is -1.89. The van der Waals surface area contributed by atoms with Crippen LogP contribution in [0.15, 0.2) is 23.6 Å². The minimum Gasteiger partial charge on any atom is -0.465 e. The highest BCUT2D eigenvalue weighted by Gasteiger charge is 2.34. The number of methoxy groups -OCH3 is 1. The van der Waals surface area contributed by atoms with E-state index in [9.17, 15) is 22.4 Å². The van der Waals surface area contributed by atoms with Gasteiger partial charge in [0.25, 0.3) is 0 Å². The van der Waals surface area contributed by atoms with E-state index in [0.717, 1.165) is 17.4 Å². The third-order valence-electron chi connectivity index (χ3n) is 2.91. The first-order valence-electron chi connectivity index (χ1n) is 5.79. The van der Waals surface area contributed by atoms with Gasteiger partial charge in [-0.2, -0.15) is 13.2 Å². The number of benzene rings is 1. The second kappa shape index (κ2) is 5.48. The molecule has 0 bridgehead atoms. The highest BCUT2D eigenvalue weighted by atomic mass is 32.1. The molecule has 1 aromatic carbocycles. The molecule has 0 N–H and O–H groups in total. The lowest BCUT2D eigenvalue weighted by molar-refractivity contribution is -0.139. The van der Waals surface area contributed by atoms with Gasteiger partial charge >= 0.3 is 12.1 Å². The molecule has 0 spiro atoms. The molecule has 7 heteroatoms. The highest BCUT2D eigenvalue weighted by Crippen LogP contribution is 2.38. The maximum atomic E-state index is 13.3. The predicted octanol–water partition coefficient (Wildman–Crippen LogP) is 4.67. The molecular formula is C14H10F4O2S. The molecule has 0 fully saturated rings. The third kappa shape index (κ3) is 2.92. The van der Waals surface area contributed by atoms with Gasteiger partial charge in [-0.3, -0.25) is 0 Å². The van der Waals surface area contributed by atoms with Gasteiger partial charge in [-0.25, -0.2) is 9.18 Å². The molecule has 112 valence electrons. The van der Waals surface area contributed by atoms with Crippen molar-refractivity contribution in [2.24, 2.45) is 0 Å². The SMILES string of the molecule is COC(=O)c1scc(C)c1-c1ccc(F)c(C(F)(F)F)c1.